The van der Waals surface area contributed by atoms with E-state index in [4.69, 9.17) is 13.7 Å². The third-order valence-electron chi connectivity index (χ3n) is 4.73. The van der Waals surface area contributed by atoms with E-state index in [0.29, 0.717) is 11.0 Å². The van der Waals surface area contributed by atoms with E-state index in [1.54, 1.807) is 12.1 Å². The van der Waals surface area contributed by atoms with Crippen molar-refractivity contribution in [2.24, 2.45) is 0 Å². The van der Waals surface area contributed by atoms with Crippen LogP contribution in [0.4, 0.5) is 4.39 Å². The van der Waals surface area contributed by atoms with Gasteiger partial charge in [-0.2, -0.15) is 0 Å². The lowest BCUT2D eigenvalue weighted by Gasteiger charge is -2.32. The first kappa shape index (κ1) is 16.9. The van der Waals surface area contributed by atoms with Gasteiger partial charge in [0.15, 0.2) is 5.43 Å². The van der Waals surface area contributed by atoms with Gasteiger partial charge in [-0.05, 0) is 52.8 Å². The SMILES string of the molecule is Cc1ccc2occ(C=C(F)B3OC(C)(C)C(C)(C)O3)c(=O)c2c1. The van der Waals surface area contributed by atoms with E-state index in [2.05, 4.69) is 0 Å². The molecule has 6 heteroatoms. The van der Waals surface area contributed by atoms with Crippen molar-refractivity contribution in [1.82, 2.24) is 0 Å². The Morgan fingerprint density at radius 2 is 1.79 bits per heavy atom. The van der Waals surface area contributed by atoms with Crippen LogP contribution in [0.3, 0.4) is 0 Å². The summed E-state index contributed by atoms with van der Waals surface area (Å²) >= 11 is 0. The minimum absolute atomic E-state index is 0.125. The fourth-order valence-corrected chi connectivity index (χ4v) is 2.53. The topological polar surface area (TPSA) is 48.7 Å². The summed E-state index contributed by atoms with van der Waals surface area (Å²) in [6.45, 7) is 9.24. The molecule has 1 saturated heterocycles. The number of rotatable bonds is 2. The maximum atomic E-state index is 14.6. The van der Waals surface area contributed by atoms with Gasteiger partial charge in [0.05, 0.1) is 22.2 Å². The summed E-state index contributed by atoms with van der Waals surface area (Å²) in [6, 6.07) is 5.31. The van der Waals surface area contributed by atoms with Crippen molar-refractivity contribution in [3.8, 4) is 0 Å². The van der Waals surface area contributed by atoms with Crippen molar-refractivity contribution in [2.45, 2.75) is 45.8 Å². The highest BCUT2D eigenvalue weighted by atomic mass is 19.1. The van der Waals surface area contributed by atoms with Gasteiger partial charge in [-0.25, -0.2) is 4.39 Å². The Bertz CT molecular complexity index is 866. The molecule has 0 radical (unpaired) electrons. The van der Waals surface area contributed by atoms with Gasteiger partial charge in [-0.1, -0.05) is 11.6 Å². The molecule has 0 amide bonds. The van der Waals surface area contributed by atoms with Crippen LogP contribution in [0, 0.1) is 6.92 Å². The lowest BCUT2D eigenvalue weighted by Crippen LogP contribution is -2.41. The molecule has 2 heterocycles. The molecule has 1 aliphatic rings. The smallest absolute Gasteiger partial charge is 0.463 e. The Balaban J connectivity index is 1.99. The molecule has 1 aromatic carbocycles. The quantitative estimate of drug-likeness (QED) is 0.780. The highest BCUT2D eigenvalue weighted by molar-refractivity contribution is 6.54. The molecule has 126 valence electrons. The van der Waals surface area contributed by atoms with Crippen LogP contribution < -0.4 is 5.43 Å². The van der Waals surface area contributed by atoms with Gasteiger partial charge < -0.3 is 13.7 Å². The zero-order chi connectivity index (χ0) is 17.7. The van der Waals surface area contributed by atoms with Crippen molar-refractivity contribution < 1.29 is 18.1 Å². The molecule has 2 aromatic rings. The molecule has 0 spiro atoms. The van der Waals surface area contributed by atoms with E-state index < -0.39 is 24.0 Å². The van der Waals surface area contributed by atoms with E-state index in [-0.39, 0.29) is 11.0 Å². The molecule has 0 aliphatic carbocycles. The number of hydrogen-bond donors (Lipinski definition) is 0. The van der Waals surface area contributed by atoms with Gasteiger partial charge in [-0.3, -0.25) is 4.79 Å². The van der Waals surface area contributed by atoms with Crippen LogP contribution in [0.15, 0.2) is 39.4 Å². The average molecular weight is 330 g/mol. The van der Waals surface area contributed by atoms with E-state index in [0.717, 1.165) is 11.6 Å². The highest BCUT2D eigenvalue weighted by Crippen LogP contribution is 2.39. The van der Waals surface area contributed by atoms with Crippen LogP contribution in [-0.4, -0.2) is 18.3 Å². The average Bonchev–Trinajstić information content (AvgIpc) is 2.71. The maximum Gasteiger partial charge on any atom is 0.525 e. The molecule has 24 heavy (non-hydrogen) atoms. The number of fused-ring (bicyclic) bond motifs is 1. The molecule has 3 rings (SSSR count). The summed E-state index contributed by atoms with van der Waals surface area (Å²) in [4.78, 5) is 12.5. The first-order valence-corrected chi connectivity index (χ1v) is 7.86. The summed E-state index contributed by atoms with van der Waals surface area (Å²) in [5.74, 6) is 0. The predicted molar refractivity (Wildman–Crippen MR) is 92.4 cm³/mol. The van der Waals surface area contributed by atoms with Crippen molar-refractivity contribution in [2.75, 3.05) is 0 Å². The van der Waals surface area contributed by atoms with Crippen LogP contribution in [0.5, 0.6) is 0 Å². The third kappa shape index (κ3) is 2.80. The van der Waals surface area contributed by atoms with Crippen molar-refractivity contribution in [3.63, 3.8) is 0 Å². The molecule has 1 aromatic heterocycles. The Hall–Kier alpha value is -1.92. The van der Waals surface area contributed by atoms with Gasteiger partial charge in [0, 0.05) is 0 Å². The molecule has 0 unspecified atom stereocenters. The third-order valence-corrected chi connectivity index (χ3v) is 4.73. The van der Waals surface area contributed by atoms with E-state index >= 15 is 0 Å². The number of aryl methyl sites for hydroxylation is 1. The zero-order valence-corrected chi connectivity index (χ0v) is 14.5. The van der Waals surface area contributed by atoms with Crippen LogP contribution in [0.2, 0.25) is 0 Å². The fourth-order valence-electron chi connectivity index (χ4n) is 2.53. The van der Waals surface area contributed by atoms with E-state index in [1.165, 1.54) is 6.26 Å². The minimum atomic E-state index is -1.14. The Morgan fingerprint density at radius 3 is 2.42 bits per heavy atom. The molecular formula is C18H20BFO4. The second kappa shape index (κ2) is 5.57. The lowest BCUT2D eigenvalue weighted by molar-refractivity contribution is 0.00578. The van der Waals surface area contributed by atoms with Crippen LogP contribution in [0.1, 0.15) is 38.8 Å². The first-order chi connectivity index (χ1) is 11.1. The van der Waals surface area contributed by atoms with E-state index in [1.807, 2.05) is 40.7 Å². The number of halogens is 1. The molecule has 0 bridgehead atoms. The zero-order valence-electron chi connectivity index (χ0n) is 14.5. The largest absolute Gasteiger partial charge is 0.525 e. The van der Waals surface area contributed by atoms with Gasteiger partial charge in [0.25, 0.3) is 0 Å². The van der Waals surface area contributed by atoms with Gasteiger partial charge >= 0.3 is 7.12 Å². The second-order valence-corrected chi connectivity index (χ2v) is 7.14. The normalized spacial score (nSPS) is 19.9. The van der Waals surface area contributed by atoms with Crippen molar-refractivity contribution in [1.29, 1.82) is 0 Å². The summed E-state index contributed by atoms with van der Waals surface area (Å²) < 4.78 is 31.3. The molecule has 1 aliphatic heterocycles. The highest BCUT2D eigenvalue weighted by Gasteiger charge is 2.53. The molecule has 0 N–H and O–H groups in total. The van der Waals surface area contributed by atoms with Crippen LogP contribution >= 0.6 is 0 Å². The minimum Gasteiger partial charge on any atom is -0.463 e. The predicted octanol–water partition coefficient (Wildman–Crippen LogP) is 4.04. The summed E-state index contributed by atoms with van der Waals surface area (Å²) in [7, 11) is -1.14. The van der Waals surface area contributed by atoms with Gasteiger partial charge in [0.2, 0.25) is 0 Å². The first-order valence-electron chi connectivity index (χ1n) is 7.86. The summed E-state index contributed by atoms with van der Waals surface area (Å²) in [5, 5.41) is 0.422. The van der Waals surface area contributed by atoms with Gasteiger partial charge in [0.1, 0.15) is 17.6 Å². The maximum absolute atomic E-state index is 14.6. The number of benzene rings is 1. The Morgan fingerprint density at radius 1 is 1.17 bits per heavy atom. The second-order valence-electron chi connectivity index (χ2n) is 7.14. The van der Waals surface area contributed by atoms with Crippen LogP contribution in [0.25, 0.3) is 17.0 Å². The van der Waals surface area contributed by atoms with Crippen LogP contribution in [-0.2, 0) is 9.31 Å². The Kier molecular flexibility index (Phi) is 3.93. The van der Waals surface area contributed by atoms with Crippen molar-refractivity contribution >= 4 is 24.2 Å². The molecule has 4 nitrogen and oxygen atoms in total. The standard InChI is InChI=1S/C18H20BFO4/c1-11-6-7-14-13(8-11)16(21)12(10-22-14)9-15(20)19-23-17(2,3)18(4,5)24-19/h6-10H,1-5H3. The van der Waals surface area contributed by atoms with Gasteiger partial charge in [-0.15, -0.1) is 0 Å². The lowest BCUT2D eigenvalue weighted by atomic mass is 9.87. The molecule has 1 fully saturated rings. The van der Waals surface area contributed by atoms with E-state index in [9.17, 15) is 9.18 Å². The molecule has 0 atom stereocenters. The number of hydrogen-bond acceptors (Lipinski definition) is 4. The summed E-state index contributed by atoms with van der Waals surface area (Å²) in [5.41, 5.74) is -0.705. The molecule has 0 saturated carbocycles. The summed E-state index contributed by atoms with van der Waals surface area (Å²) in [6.07, 6.45) is 2.38. The van der Waals surface area contributed by atoms with Crippen molar-refractivity contribution in [3.05, 3.63) is 51.5 Å². The fraction of sp³-hybridized carbons (Fsp3) is 0.389. The Labute approximate surface area is 140 Å². The monoisotopic (exact) mass is 330 g/mol. The molecular weight excluding hydrogens is 310 g/mol.